The van der Waals surface area contributed by atoms with Crippen LogP contribution in [0.5, 0.6) is 0 Å². The Balaban J connectivity index is 0.00000198. The average Bonchev–Trinajstić information content (AvgIpc) is 3.74. The van der Waals surface area contributed by atoms with E-state index >= 15 is 0 Å². The normalized spacial score (nSPS) is 26.2. The van der Waals surface area contributed by atoms with Crippen LogP contribution >= 0.6 is 0 Å². The number of nitrogens with two attached hydrogens (primary N) is 1. The third-order valence-electron chi connectivity index (χ3n) is 7.97. The first-order chi connectivity index (χ1) is 20.4. The number of carbonyl (C=O) groups excluding carboxylic acids is 2. The zero-order chi connectivity index (χ0) is 30.2. The molecule has 3 aliphatic heterocycles. The molecule has 14 nitrogen and oxygen atoms in total. The molecule has 3 saturated heterocycles. The zero-order valence-corrected chi connectivity index (χ0v) is 24.8. The lowest BCUT2D eigenvalue weighted by molar-refractivity contribution is -0.137. The molecule has 234 valence electrons. The van der Waals surface area contributed by atoms with Gasteiger partial charge in [0, 0.05) is 38.6 Å². The van der Waals surface area contributed by atoms with Gasteiger partial charge in [0.1, 0.15) is 23.5 Å². The number of carbonyl (C=O) groups is 2. The van der Waals surface area contributed by atoms with E-state index in [-0.39, 0.29) is 11.9 Å². The highest BCUT2D eigenvalue weighted by molar-refractivity contribution is 5.83. The van der Waals surface area contributed by atoms with Gasteiger partial charge in [0.2, 0.25) is 0 Å². The predicted molar refractivity (Wildman–Crippen MR) is 153 cm³/mol. The molecule has 0 saturated carbocycles. The highest BCUT2D eigenvalue weighted by Gasteiger charge is 2.47. The number of aliphatic hydroxyl groups is 2. The molecule has 2 aromatic heterocycles. The van der Waals surface area contributed by atoms with Crippen LogP contribution in [0.3, 0.4) is 0 Å². The summed E-state index contributed by atoms with van der Waals surface area (Å²) in [6.07, 6.45) is 1.33. The number of likely N-dealkylation sites (N-methyl/N-ethyl adjacent to an activating group) is 1. The number of anilines is 1. The van der Waals surface area contributed by atoms with Crippen molar-refractivity contribution in [3.63, 3.8) is 0 Å². The Morgan fingerprint density at radius 2 is 1.90 bits per heavy atom. The maximum Gasteiger partial charge on any atom is 0.409 e. The molecule has 5 rings (SSSR count). The van der Waals surface area contributed by atoms with Crippen LogP contribution in [-0.4, -0.2) is 104 Å². The van der Waals surface area contributed by atoms with E-state index in [1.807, 2.05) is 13.8 Å². The van der Waals surface area contributed by atoms with Gasteiger partial charge in [0.15, 0.2) is 23.8 Å². The summed E-state index contributed by atoms with van der Waals surface area (Å²) in [5.74, 6) is 1.05. The van der Waals surface area contributed by atoms with Crippen molar-refractivity contribution in [1.82, 2.24) is 29.7 Å². The predicted octanol–water partition coefficient (Wildman–Crippen LogP) is 1.40. The smallest absolute Gasteiger partial charge is 0.409 e. The average molecular weight is 592 g/mol. The molecule has 3 aliphatic rings. The largest absolute Gasteiger partial charge is 0.449 e. The standard InChI is InChI=1S/C26H39N7O7.C2H6/c1-2-28-24(36)21-19(34)20(35)25(40-21)33-14-29-18-22(27)30-17(31-23(18)33)5-3-4-15-6-9-32(10-7-15)26(37)39-13-16-8-11-38-12-16;1-2/h14-16,19-21,25,34-35H,2-13H2,1H3,(H,28,36)(H2,27,30,31);1-2H3/t16?,19-,20?,21+,25-;/m1./s1. The zero-order valence-electron chi connectivity index (χ0n) is 24.8. The van der Waals surface area contributed by atoms with Crippen LogP contribution in [-0.2, 0) is 25.4 Å². The molecule has 0 radical (unpaired) electrons. The van der Waals surface area contributed by atoms with Crippen LogP contribution in [0.15, 0.2) is 6.33 Å². The number of aromatic nitrogens is 4. The van der Waals surface area contributed by atoms with Gasteiger partial charge < -0.3 is 40.4 Å². The number of imidazole rings is 1. The summed E-state index contributed by atoms with van der Waals surface area (Å²) in [6, 6.07) is 0. The van der Waals surface area contributed by atoms with Gasteiger partial charge >= 0.3 is 6.09 Å². The second-order valence-electron chi connectivity index (χ2n) is 10.8. The van der Waals surface area contributed by atoms with Crippen molar-refractivity contribution in [2.75, 3.05) is 45.2 Å². The first kappa shape index (κ1) is 31.9. The molecule has 0 aliphatic carbocycles. The highest BCUT2D eigenvalue weighted by Crippen LogP contribution is 2.32. The van der Waals surface area contributed by atoms with Crippen LogP contribution in [0.4, 0.5) is 10.6 Å². The molecule has 2 unspecified atom stereocenters. The minimum atomic E-state index is -1.40. The van der Waals surface area contributed by atoms with E-state index in [2.05, 4.69) is 20.3 Å². The lowest BCUT2D eigenvalue weighted by atomic mass is 9.91. The number of piperidine rings is 1. The number of nitrogen functional groups attached to an aromatic ring is 1. The van der Waals surface area contributed by atoms with Gasteiger partial charge in [0.25, 0.3) is 5.91 Å². The SMILES string of the molecule is CC.CCNC(=O)[C@H]1O[C@@H](n2cnc3c(N)nc(CCCC4CCN(C(=O)OCC5CCOC5)CC4)nc32)C(O)[C@H]1O. The van der Waals surface area contributed by atoms with E-state index in [4.69, 9.17) is 19.9 Å². The Morgan fingerprint density at radius 3 is 2.60 bits per heavy atom. The Hall–Kier alpha value is -3.07. The fourth-order valence-electron chi connectivity index (χ4n) is 5.61. The van der Waals surface area contributed by atoms with Crippen molar-refractivity contribution >= 4 is 29.0 Å². The highest BCUT2D eigenvalue weighted by atomic mass is 16.6. The molecular formula is C28H45N7O7. The quantitative estimate of drug-likeness (QED) is 0.330. The summed E-state index contributed by atoms with van der Waals surface area (Å²) in [6.45, 7) is 9.33. The molecule has 5 N–H and O–H groups in total. The summed E-state index contributed by atoms with van der Waals surface area (Å²) < 4.78 is 18.0. The number of aliphatic hydroxyl groups excluding tert-OH is 2. The maximum atomic E-state index is 12.4. The number of ether oxygens (including phenoxy) is 3. The number of rotatable bonds is 9. The van der Waals surface area contributed by atoms with Crippen molar-refractivity contribution in [1.29, 1.82) is 0 Å². The number of fused-ring (bicyclic) bond motifs is 1. The molecule has 5 heterocycles. The maximum absolute atomic E-state index is 12.4. The molecule has 2 amide bonds. The van der Waals surface area contributed by atoms with Crippen molar-refractivity contribution in [3.05, 3.63) is 12.2 Å². The van der Waals surface area contributed by atoms with Gasteiger partial charge in [-0.25, -0.2) is 19.7 Å². The molecule has 3 fully saturated rings. The summed E-state index contributed by atoms with van der Waals surface area (Å²) in [5, 5.41) is 23.6. The molecule has 42 heavy (non-hydrogen) atoms. The number of aryl methyl sites for hydroxylation is 1. The minimum Gasteiger partial charge on any atom is -0.449 e. The summed E-state index contributed by atoms with van der Waals surface area (Å²) in [4.78, 5) is 39.8. The van der Waals surface area contributed by atoms with Crippen LogP contribution in [0.2, 0.25) is 0 Å². The third-order valence-corrected chi connectivity index (χ3v) is 7.97. The van der Waals surface area contributed by atoms with Crippen molar-refractivity contribution < 1.29 is 34.0 Å². The Morgan fingerprint density at radius 1 is 1.14 bits per heavy atom. The lowest BCUT2D eigenvalue weighted by Crippen LogP contribution is -2.42. The molecular weight excluding hydrogens is 546 g/mol. The van der Waals surface area contributed by atoms with Gasteiger partial charge in [-0.15, -0.1) is 0 Å². The lowest BCUT2D eigenvalue weighted by Gasteiger charge is -2.31. The van der Waals surface area contributed by atoms with Gasteiger partial charge in [-0.1, -0.05) is 13.8 Å². The second kappa shape index (κ2) is 14.9. The molecule has 0 bridgehead atoms. The van der Waals surface area contributed by atoms with E-state index < -0.39 is 30.4 Å². The van der Waals surface area contributed by atoms with Crippen LogP contribution in [0, 0.1) is 11.8 Å². The number of hydrogen-bond donors (Lipinski definition) is 4. The molecule has 14 heteroatoms. The Kier molecular flexibility index (Phi) is 11.3. The van der Waals surface area contributed by atoms with Crippen molar-refractivity contribution in [2.24, 2.45) is 11.8 Å². The Labute approximate surface area is 245 Å². The van der Waals surface area contributed by atoms with Gasteiger partial charge in [-0.2, -0.15) is 0 Å². The summed E-state index contributed by atoms with van der Waals surface area (Å²) in [5.41, 5.74) is 6.89. The van der Waals surface area contributed by atoms with Crippen LogP contribution < -0.4 is 11.1 Å². The minimum absolute atomic E-state index is 0.211. The Bertz CT molecular complexity index is 1180. The number of hydrogen-bond acceptors (Lipinski definition) is 11. The van der Waals surface area contributed by atoms with E-state index in [0.717, 1.165) is 38.7 Å². The van der Waals surface area contributed by atoms with E-state index in [1.54, 1.807) is 11.8 Å². The van der Waals surface area contributed by atoms with E-state index in [9.17, 15) is 19.8 Å². The number of likely N-dealkylation sites (tertiary alicyclic amines) is 1. The summed E-state index contributed by atoms with van der Waals surface area (Å²) >= 11 is 0. The topological polar surface area (TPSA) is 187 Å². The molecule has 2 aromatic rings. The van der Waals surface area contributed by atoms with Gasteiger partial charge in [0.05, 0.1) is 19.5 Å². The van der Waals surface area contributed by atoms with Gasteiger partial charge in [-0.05, 0) is 44.9 Å². The first-order valence-corrected chi connectivity index (χ1v) is 15.1. The molecule has 0 spiro atoms. The fourth-order valence-corrected chi connectivity index (χ4v) is 5.61. The van der Waals surface area contributed by atoms with Crippen molar-refractivity contribution in [2.45, 2.75) is 83.8 Å². The van der Waals surface area contributed by atoms with E-state index in [1.165, 1.54) is 10.9 Å². The number of nitrogens with zero attached hydrogens (tertiary/aromatic N) is 5. The summed E-state index contributed by atoms with van der Waals surface area (Å²) in [7, 11) is 0. The van der Waals surface area contributed by atoms with E-state index in [0.29, 0.717) is 68.1 Å². The number of nitrogens with one attached hydrogen (secondary N) is 1. The second-order valence-corrected chi connectivity index (χ2v) is 10.8. The fraction of sp³-hybridized carbons (Fsp3) is 0.750. The van der Waals surface area contributed by atoms with Crippen LogP contribution in [0.25, 0.3) is 11.2 Å². The monoisotopic (exact) mass is 591 g/mol. The van der Waals surface area contributed by atoms with Gasteiger partial charge in [-0.3, -0.25) is 9.36 Å². The molecule has 0 aromatic carbocycles. The molecule has 5 atom stereocenters. The first-order valence-electron chi connectivity index (χ1n) is 15.1. The van der Waals surface area contributed by atoms with Crippen molar-refractivity contribution in [3.8, 4) is 0 Å². The third kappa shape index (κ3) is 7.28. The van der Waals surface area contributed by atoms with Crippen LogP contribution in [0.1, 0.15) is 64.9 Å². The number of amides is 2.